The largest absolute Gasteiger partial charge is 0.480 e. The third-order valence-electron chi connectivity index (χ3n) is 3.56. The van der Waals surface area contributed by atoms with Crippen LogP contribution >= 0.6 is 0 Å². The summed E-state index contributed by atoms with van der Waals surface area (Å²) >= 11 is 0. The van der Waals surface area contributed by atoms with Crippen molar-refractivity contribution < 1.29 is 14.6 Å². The zero-order valence-corrected chi connectivity index (χ0v) is 10.5. The lowest BCUT2D eigenvalue weighted by Crippen LogP contribution is -2.42. The number of rotatable bonds is 3. The van der Waals surface area contributed by atoms with Gasteiger partial charge in [-0.05, 0) is 6.07 Å². The van der Waals surface area contributed by atoms with Crippen molar-refractivity contribution in [3.05, 3.63) is 36.0 Å². The van der Waals surface area contributed by atoms with Gasteiger partial charge in [-0.2, -0.15) is 0 Å². The van der Waals surface area contributed by atoms with Gasteiger partial charge in [-0.15, -0.1) is 0 Å². The maximum Gasteiger partial charge on any atom is 0.325 e. The quantitative estimate of drug-likeness (QED) is 0.880. The summed E-state index contributed by atoms with van der Waals surface area (Å²) in [6.45, 7) is 2.48. The smallest absolute Gasteiger partial charge is 0.325 e. The molecule has 1 fully saturated rings. The van der Waals surface area contributed by atoms with Crippen LogP contribution in [0.4, 0.5) is 0 Å². The highest BCUT2D eigenvalue weighted by atomic mass is 16.5. The number of aliphatic carboxylic acids is 1. The molecule has 0 spiro atoms. The molecule has 0 bridgehead atoms. The van der Waals surface area contributed by atoms with Crippen LogP contribution in [0.2, 0.25) is 0 Å². The van der Waals surface area contributed by atoms with Crippen LogP contribution in [0.5, 0.6) is 0 Å². The lowest BCUT2D eigenvalue weighted by atomic mass is 10.0. The third kappa shape index (κ3) is 2.22. The number of para-hydroxylation sites is 1. The molecule has 2 N–H and O–H groups in total. The number of ether oxygens (including phenoxy) is 1. The molecule has 100 valence electrons. The van der Waals surface area contributed by atoms with E-state index in [0.717, 1.165) is 16.5 Å². The van der Waals surface area contributed by atoms with Crippen molar-refractivity contribution in [3.8, 4) is 0 Å². The number of carboxylic acids is 1. The molecule has 1 aliphatic rings. The van der Waals surface area contributed by atoms with Gasteiger partial charge in [0.05, 0.1) is 13.2 Å². The summed E-state index contributed by atoms with van der Waals surface area (Å²) < 4.78 is 5.29. The number of morpholine rings is 1. The second kappa shape index (κ2) is 5.03. The molecule has 1 saturated heterocycles. The van der Waals surface area contributed by atoms with E-state index in [1.165, 1.54) is 0 Å². The standard InChI is InChI=1S/C14H16N2O3/c17-14(18)13(16-5-7-19-8-6-16)11-9-15-12-4-2-1-3-10(11)12/h1-4,9,13,15H,5-8H2,(H,17,18). The molecular weight excluding hydrogens is 244 g/mol. The second-order valence-electron chi connectivity index (χ2n) is 4.68. The number of nitrogens with one attached hydrogen (secondary N) is 1. The van der Waals surface area contributed by atoms with E-state index in [0.29, 0.717) is 26.3 Å². The summed E-state index contributed by atoms with van der Waals surface area (Å²) in [6, 6.07) is 7.17. The summed E-state index contributed by atoms with van der Waals surface area (Å²) in [5, 5.41) is 10.5. The number of carbonyl (C=O) groups is 1. The Hall–Kier alpha value is -1.85. The number of benzene rings is 1. The van der Waals surface area contributed by atoms with E-state index < -0.39 is 12.0 Å². The lowest BCUT2D eigenvalue weighted by Gasteiger charge is -2.31. The topological polar surface area (TPSA) is 65.6 Å². The van der Waals surface area contributed by atoms with Crippen LogP contribution in [0, 0.1) is 0 Å². The molecule has 2 aromatic rings. The van der Waals surface area contributed by atoms with Crippen LogP contribution in [0.15, 0.2) is 30.5 Å². The van der Waals surface area contributed by atoms with E-state index in [2.05, 4.69) is 4.98 Å². The Morgan fingerprint density at radius 3 is 2.79 bits per heavy atom. The van der Waals surface area contributed by atoms with E-state index in [4.69, 9.17) is 4.74 Å². The Morgan fingerprint density at radius 2 is 2.05 bits per heavy atom. The normalized spacial score (nSPS) is 18.5. The minimum Gasteiger partial charge on any atom is -0.480 e. The van der Waals surface area contributed by atoms with Crippen molar-refractivity contribution in [1.29, 1.82) is 0 Å². The van der Waals surface area contributed by atoms with Gasteiger partial charge in [-0.1, -0.05) is 18.2 Å². The van der Waals surface area contributed by atoms with Crippen LogP contribution < -0.4 is 0 Å². The van der Waals surface area contributed by atoms with Crippen molar-refractivity contribution in [3.63, 3.8) is 0 Å². The van der Waals surface area contributed by atoms with Crippen LogP contribution in [0.1, 0.15) is 11.6 Å². The van der Waals surface area contributed by atoms with E-state index >= 15 is 0 Å². The number of hydrogen-bond acceptors (Lipinski definition) is 3. The van der Waals surface area contributed by atoms with E-state index in [1.807, 2.05) is 29.2 Å². The maximum atomic E-state index is 11.6. The zero-order chi connectivity index (χ0) is 13.2. The Kier molecular flexibility index (Phi) is 3.23. The second-order valence-corrected chi connectivity index (χ2v) is 4.68. The Labute approximate surface area is 110 Å². The van der Waals surface area contributed by atoms with Gasteiger partial charge < -0.3 is 14.8 Å². The van der Waals surface area contributed by atoms with Crippen LogP contribution in [-0.2, 0) is 9.53 Å². The minimum atomic E-state index is -0.813. The van der Waals surface area contributed by atoms with E-state index in [9.17, 15) is 9.90 Å². The number of hydrogen-bond donors (Lipinski definition) is 2. The molecule has 0 saturated carbocycles. The molecule has 3 rings (SSSR count). The molecular formula is C14H16N2O3. The predicted octanol–water partition coefficient (Wildman–Crippen LogP) is 1.63. The van der Waals surface area contributed by atoms with E-state index in [1.54, 1.807) is 6.20 Å². The van der Waals surface area contributed by atoms with Crippen molar-refractivity contribution >= 4 is 16.9 Å². The molecule has 0 amide bonds. The average Bonchev–Trinajstić information content (AvgIpc) is 2.84. The number of H-pyrrole nitrogens is 1. The van der Waals surface area contributed by atoms with Crippen molar-refractivity contribution in [2.45, 2.75) is 6.04 Å². The lowest BCUT2D eigenvalue weighted by molar-refractivity contribution is -0.145. The highest BCUT2D eigenvalue weighted by Gasteiger charge is 2.30. The van der Waals surface area contributed by atoms with Crippen LogP contribution in [0.25, 0.3) is 10.9 Å². The number of fused-ring (bicyclic) bond motifs is 1. The Balaban J connectivity index is 2.01. The molecule has 1 aromatic carbocycles. The first-order valence-electron chi connectivity index (χ1n) is 6.38. The van der Waals surface area contributed by atoms with Crippen molar-refractivity contribution in [2.75, 3.05) is 26.3 Å². The molecule has 1 aromatic heterocycles. The molecule has 0 radical (unpaired) electrons. The number of carboxylic acid groups (broad SMARTS) is 1. The highest BCUT2D eigenvalue weighted by molar-refractivity contribution is 5.89. The van der Waals surface area contributed by atoms with Gasteiger partial charge in [0, 0.05) is 35.8 Å². The molecule has 1 unspecified atom stereocenters. The highest BCUT2D eigenvalue weighted by Crippen LogP contribution is 2.29. The SMILES string of the molecule is O=C(O)C(c1c[nH]c2ccccc12)N1CCOCC1. The first-order chi connectivity index (χ1) is 9.27. The number of aromatic nitrogens is 1. The average molecular weight is 260 g/mol. The fourth-order valence-corrected chi connectivity index (χ4v) is 2.64. The molecule has 2 heterocycles. The van der Waals surface area contributed by atoms with Gasteiger partial charge >= 0.3 is 5.97 Å². The van der Waals surface area contributed by atoms with Crippen molar-refractivity contribution in [1.82, 2.24) is 9.88 Å². The van der Waals surface area contributed by atoms with Gasteiger partial charge in [0.25, 0.3) is 0 Å². The van der Waals surface area contributed by atoms with Gasteiger partial charge in [-0.3, -0.25) is 9.69 Å². The fourth-order valence-electron chi connectivity index (χ4n) is 2.64. The van der Waals surface area contributed by atoms with Gasteiger partial charge in [0.15, 0.2) is 0 Å². The first kappa shape index (κ1) is 12.2. The Morgan fingerprint density at radius 1 is 1.32 bits per heavy atom. The van der Waals surface area contributed by atoms with Gasteiger partial charge in [0.1, 0.15) is 6.04 Å². The maximum absolute atomic E-state index is 11.6. The minimum absolute atomic E-state index is 0.589. The monoisotopic (exact) mass is 260 g/mol. The van der Waals surface area contributed by atoms with Crippen LogP contribution in [-0.4, -0.2) is 47.3 Å². The first-order valence-corrected chi connectivity index (χ1v) is 6.38. The fraction of sp³-hybridized carbons (Fsp3) is 0.357. The summed E-state index contributed by atoms with van der Waals surface area (Å²) in [5.74, 6) is -0.813. The number of aromatic amines is 1. The molecule has 0 aliphatic carbocycles. The Bertz CT molecular complexity index is 587. The summed E-state index contributed by atoms with van der Waals surface area (Å²) in [4.78, 5) is 16.7. The van der Waals surface area contributed by atoms with Crippen molar-refractivity contribution in [2.24, 2.45) is 0 Å². The summed E-state index contributed by atoms with van der Waals surface area (Å²) in [6.07, 6.45) is 1.80. The summed E-state index contributed by atoms with van der Waals surface area (Å²) in [5.41, 5.74) is 1.79. The molecule has 1 atom stereocenters. The third-order valence-corrected chi connectivity index (χ3v) is 3.56. The van der Waals surface area contributed by atoms with E-state index in [-0.39, 0.29) is 0 Å². The number of nitrogens with zero attached hydrogens (tertiary/aromatic N) is 1. The molecule has 19 heavy (non-hydrogen) atoms. The van der Waals surface area contributed by atoms with Gasteiger partial charge in [0.2, 0.25) is 0 Å². The summed E-state index contributed by atoms with van der Waals surface area (Å²) in [7, 11) is 0. The molecule has 1 aliphatic heterocycles. The zero-order valence-electron chi connectivity index (χ0n) is 10.5. The molecule has 5 heteroatoms. The van der Waals surface area contributed by atoms with Gasteiger partial charge in [-0.25, -0.2) is 0 Å². The molecule has 5 nitrogen and oxygen atoms in total. The predicted molar refractivity (Wildman–Crippen MR) is 71.1 cm³/mol. The van der Waals surface area contributed by atoms with Crippen LogP contribution in [0.3, 0.4) is 0 Å².